The molecule has 2 aromatic rings. The quantitative estimate of drug-likeness (QED) is 0.248. The van der Waals surface area contributed by atoms with E-state index in [2.05, 4.69) is 30.4 Å². The largest absolute Gasteiger partial charge is 0.494 e. The fourth-order valence-corrected chi connectivity index (χ4v) is 3.62. The number of aryl methyl sites for hydroxylation is 2. The summed E-state index contributed by atoms with van der Waals surface area (Å²) < 4.78 is 21.2. The molecule has 9 heteroatoms. The number of fused-ring (bicyclic) bond motifs is 1. The Morgan fingerprint density at radius 1 is 1.30 bits per heavy atom. The summed E-state index contributed by atoms with van der Waals surface area (Å²) in [5.74, 6) is 2.77. The fraction of sp³-hybridized carbons (Fsp3) is 0.571. The molecule has 166 valence electrons. The van der Waals surface area contributed by atoms with Crippen molar-refractivity contribution < 1.29 is 9.13 Å². The van der Waals surface area contributed by atoms with Gasteiger partial charge in [-0.1, -0.05) is 12.5 Å². The van der Waals surface area contributed by atoms with Gasteiger partial charge in [-0.05, 0) is 43.9 Å². The highest BCUT2D eigenvalue weighted by molar-refractivity contribution is 14.0. The minimum absolute atomic E-state index is 0. The average molecular weight is 530 g/mol. The number of ether oxygens (including phenoxy) is 1. The topological polar surface area (TPSA) is 76.4 Å². The maximum absolute atomic E-state index is 13.9. The second-order valence-corrected chi connectivity index (χ2v) is 7.36. The van der Waals surface area contributed by atoms with Gasteiger partial charge in [-0.15, -0.1) is 34.2 Å². The van der Waals surface area contributed by atoms with Crippen LogP contribution in [-0.4, -0.2) is 41.4 Å². The molecule has 1 unspecified atom stereocenters. The minimum atomic E-state index is -0.367. The van der Waals surface area contributed by atoms with E-state index in [0.29, 0.717) is 5.96 Å². The maximum Gasteiger partial charge on any atom is 0.191 e. The highest BCUT2D eigenvalue weighted by atomic mass is 127. The van der Waals surface area contributed by atoms with Gasteiger partial charge < -0.3 is 19.9 Å². The predicted octanol–water partition coefficient (Wildman–Crippen LogP) is 3.63. The first-order chi connectivity index (χ1) is 14.1. The summed E-state index contributed by atoms with van der Waals surface area (Å²) in [7, 11) is 3.19. The number of benzene rings is 1. The van der Waals surface area contributed by atoms with Gasteiger partial charge in [0.15, 0.2) is 17.5 Å². The second-order valence-electron chi connectivity index (χ2n) is 7.36. The van der Waals surface area contributed by atoms with Gasteiger partial charge in [0.25, 0.3) is 0 Å². The maximum atomic E-state index is 13.9. The van der Waals surface area contributed by atoms with Gasteiger partial charge in [-0.3, -0.25) is 4.99 Å². The fourth-order valence-electron chi connectivity index (χ4n) is 3.62. The molecule has 0 saturated heterocycles. The Hall–Kier alpha value is -1.91. The summed E-state index contributed by atoms with van der Waals surface area (Å²) in [4.78, 5) is 4.27. The lowest BCUT2D eigenvalue weighted by molar-refractivity contribution is 0.386. The van der Waals surface area contributed by atoms with Gasteiger partial charge in [-0.25, -0.2) is 4.39 Å². The van der Waals surface area contributed by atoms with Gasteiger partial charge in [0, 0.05) is 33.0 Å². The summed E-state index contributed by atoms with van der Waals surface area (Å²) in [5, 5.41) is 15.4. The Bertz CT molecular complexity index is 841. The number of hydrogen-bond acceptors (Lipinski definition) is 4. The first kappa shape index (κ1) is 24.4. The monoisotopic (exact) mass is 530 g/mol. The van der Waals surface area contributed by atoms with E-state index in [1.54, 1.807) is 13.1 Å². The lowest BCUT2D eigenvalue weighted by atomic mass is 10.1. The van der Waals surface area contributed by atoms with Crippen LogP contribution in [0.5, 0.6) is 5.75 Å². The SMILES string of the molecule is CN=C(NCCCc1nnc2n1CCCCC2)NC(C)c1ccc(OC)c(F)c1.I. The number of nitrogens with zero attached hydrogens (tertiary/aromatic N) is 4. The van der Waals surface area contributed by atoms with Gasteiger partial charge in [0.2, 0.25) is 0 Å². The molecule has 1 aromatic carbocycles. The molecule has 3 rings (SSSR count). The lowest BCUT2D eigenvalue weighted by Gasteiger charge is -2.19. The molecule has 2 N–H and O–H groups in total. The predicted molar refractivity (Wildman–Crippen MR) is 127 cm³/mol. The third kappa shape index (κ3) is 6.29. The van der Waals surface area contributed by atoms with E-state index in [9.17, 15) is 4.39 Å². The van der Waals surface area contributed by atoms with Gasteiger partial charge in [0.1, 0.15) is 11.6 Å². The first-order valence-electron chi connectivity index (χ1n) is 10.3. The number of guanidine groups is 1. The summed E-state index contributed by atoms with van der Waals surface area (Å²) in [6.45, 7) is 3.77. The van der Waals surface area contributed by atoms with Crippen molar-refractivity contribution in [3.63, 3.8) is 0 Å². The molecule has 0 spiro atoms. The van der Waals surface area contributed by atoms with Crippen molar-refractivity contribution >= 4 is 29.9 Å². The van der Waals surface area contributed by atoms with Crippen LogP contribution in [0, 0.1) is 5.82 Å². The van der Waals surface area contributed by atoms with Crippen molar-refractivity contribution in [1.29, 1.82) is 0 Å². The highest BCUT2D eigenvalue weighted by Crippen LogP contribution is 2.21. The smallest absolute Gasteiger partial charge is 0.191 e. The summed E-state index contributed by atoms with van der Waals surface area (Å²) >= 11 is 0. The zero-order valence-electron chi connectivity index (χ0n) is 17.9. The van der Waals surface area contributed by atoms with Crippen LogP contribution < -0.4 is 15.4 Å². The van der Waals surface area contributed by atoms with Crippen LogP contribution in [0.1, 0.15) is 55.9 Å². The molecular weight excluding hydrogens is 498 g/mol. The minimum Gasteiger partial charge on any atom is -0.494 e. The number of rotatable bonds is 7. The second kappa shape index (κ2) is 12.1. The Balaban J connectivity index is 0.00000320. The van der Waals surface area contributed by atoms with E-state index in [4.69, 9.17) is 4.74 Å². The molecular formula is C21H32FIN6O. The van der Waals surface area contributed by atoms with Gasteiger partial charge >= 0.3 is 0 Å². The molecule has 0 aliphatic carbocycles. The molecule has 1 aliphatic heterocycles. The Labute approximate surface area is 194 Å². The van der Waals surface area contributed by atoms with Crippen LogP contribution in [-0.2, 0) is 19.4 Å². The van der Waals surface area contributed by atoms with E-state index < -0.39 is 0 Å². The van der Waals surface area contributed by atoms with Gasteiger partial charge in [-0.2, -0.15) is 0 Å². The molecule has 1 aromatic heterocycles. The average Bonchev–Trinajstić information content (AvgIpc) is 2.95. The molecule has 1 atom stereocenters. The lowest BCUT2D eigenvalue weighted by Crippen LogP contribution is -2.39. The van der Waals surface area contributed by atoms with Crippen LogP contribution in [0.4, 0.5) is 4.39 Å². The van der Waals surface area contributed by atoms with Crippen LogP contribution in [0.25, 0.3) is 0 Å². The van der Waals surface area contributed by atoms with Crippen molar-refractivity contribution in [3.05, 3.63) is 41.2 Å². The summed E-state index contributed by atoms with van der Waals surface area (Å²) in [6, 6.07) is 4.89. The first-order valence-corrected chi connectivity index (χ1v) is 10.3. The molecule has 0 radical (unpaired) electrons. The standard InChI is InChI=1S/C21H31FN6O.HI/c1-15(16-10-11-18(29-3)17(22)14-16)25-21(23-2)24-12-7-9-20-27-26-19-8-5-4-6-13-28(19)20;/h10-11,14-15H,4-9,12-13H2,1-3H3,(H2,23,24,25);1H. The molecule has 0 amide bonds. The number of aromatic nitrogens is 3. The van der Waals surface area contributed by atoms with Crippen molar-refractivity contribution in [2.75, 3.05) is 20.7 Å². The van der Waals surface area contributed by atoms with Crippen LogP contribution in [0.3, 0.4) is 0 Å². The third-order valence-electron chi connectivity index (χ3n) is 5.31. The Morgan fingerprint density at radius 2 is 2.13 bits per heavy atom. The van der Waals surface area contributed by atoms with E-state index in [-0.39, 0.29) is 41.6 Å². The van der Waals surface area contributed by atoms with Crippen molar-refractivity contribution in [1.82, 2.24) is 25.4 Å². The zero-order chi connectivity index (χ0) is 20.6. The molecule has 7 nitrogen and oxygen atoms in total. The summed E-state index contributed by atoms with van der Waals surface area (Å²) in [5.41, 5.74) is 0.831. The molecule has 0 saturated carbocycles. The molecule has 2 heterocycles. The number of halogens is 2. The molecule has 0 bridgehead atoms. The van der Waals surface area contributed by atoms with Gasteiger partial charge in [0.05, 0.1) is 13.2 Å². The van der Waals surface area contributed by atoms with E-state index in [0.717, 1.165) is 49.6 Å². The number of methoxy groups -OCH3 is 1. The summed E-state index contributed by atoms with van der Waals surface area (Å²) in [6.07, 6.45) is 6.53. The van der Waals surface area contributed by atoms with E-state index >= 15 is 0 Å². The number of hydrogen-bond donors (Lipinski definition) is 2. The zero-order valence-corrected chi connectivity index (χ0v) is 20.3. The van der Waals surface area contributed by atoms with Crippen molar-refractivity contribution in [2.24, 2.45) is 4.99 Å². The Kier molecular flexibility index (Phi) is 9.80. The number of aliphatic imine (C=N–C) groups is 1. The molecule has 1 aliphatic rings. The van der Waals surface area contributed by atoms with Crippen molar-refractivity contribution in [3.8, 4) is 5.75 Å². The van der Waals surface area contributed by atoms with Crippen LogP contribution >= 0.6 is 24.0 Å². The van der Waals surface area contributed by atoms with E-state index in [1.807, 2.05) is 13.0 Å². The highest BCUT2D eigenvalue weighted by Gasteiger charge is 2.14. The molecule has 30 heavy (non-hydrogen) atoms. The van der Waals surface area contributed by atoms with E-state index in [1.165, 1.54) is 32.4 Å². The van der Waals surface area contributed by atoms with Crippen LogP contribution in [0.2, 0.25) is 0 Å². The molecule has 0 fully saturated rings. The normalized spacial score (nSPS) is 14.9. The number of nitrogens with one attached hydrogen (secondary N) is 2. The third-order valence-corrected chi connectivity index (χ3v) is 5.31. The van der Waals surface area contributed by atoms with Crippen LogP contribution in [0.15, 0.2) is 23.2 Å². The van der Waals surface area contributed by atoms with Crippen molar-refractivity contribution in [2.45, 2.75) is 58.0 Å². The Morgan fingerprint density at radius 3 is 2.87 bits per heavy atom.